The van der Waals surface area contributed by atoms with Crippen molar-refractivity contribution in [1.82, 2.24) is 5.43 Å². The van der Waals surface area contributed by atoms with Crippen molar-refractivity contribution in [2.45, 2.75) is 6.92 Å². The van der Waals surface area contributed by atoms with Gasteiger partial charge in [-0.15, -0.1) is 0 Å². The maximum absolute atomic E-state index is 12.1. The monoisotopic (exact) mass is 401 g/mol. The summed E-state index contributed by atoms with van der Waals surface area (Å²) in [5, 5.41) is 10.4. The van der Waals surface area contributed by atoms with E-state index in [0.29, 0.717) is 42.6 Å². The fourth-order valence-electron chi connectivity index (χ4n) is 2.34. The number of benzene rings is 2. The van der Waals surface area contributed by atoms with E-state index in [1.807, 2.05) is 6.92 Å². The fraction of sp³-hybridized carbons (Fsp3) is 0.300. The van der Waals surface area contributed by atoms with E-state index in [4.69, 9.17) is 25.4 Å². The van der Waals surface area contributed by atoms with Crippen molar-refractivity contribution in [3.8, 4) is 11.5 Å². The number of hydrogen-bond donors (Lipinski definition) is 5. The topological polar surface area (TPSA) is 131 Å². The number of nitrogens with one attached hydrogen (secondary N) is 4. The van der Waals surface area contributed by atoms with Crippen LogP contribution in [0.3, 0.4) is 0 Å². The van der Waals surface area contributed by atoms with E-state index >= 15 is 0 Å². The number of hydrazine groups is 1. The first-order valence-electron chi connectivity index (χ1n) is 9.15. The van der Waals surface area contributed by atoms with Crippen LogP contribution in [0.15, 0.2) is 42.5 Å². The molecule has 0 bridgehead atoms. The quantitative estimate of drug-likeness (QED) is 0.159. The predicted octanol–water partition coefficient (Wildman–Crippen LogP) is 1.95. The molecule has 0 aliphatic rings. The van der Waals surface area contributed by atoms with Gasteiger partial charge in [0.15, 0.2) is 11.5 Å². The number of ether oxygens (including phenoxy) is 3. The molecule has 0 atom stereocenters. The lowest BCUT2D eigenvalue weighted by molar-refractivity contribution is -0.118. The van der Waals surface area contributed by atoms with Crippen molar-refractivity contribution >= 4 is 23.1 Å². The molecule has 0 aromatic heterocycles. The highest BCUT2D eigenvalue weighted by Gasteiger charge is 2.08. The first-order valence-corrected chi connectivity index (χ1v) is 9.15. The molecule has 0 radical (unpaired) electrons. The minimum Gasteiger partial charge on any atom is -0.490 e. The van der Waals surface area contributed by atoms with Gasteiger partial charge >= 0.3 is 0 Å². The SMILES string of the molecule is CCOc1cc(NNC(=O)CNc2ccc(C(=N)N)cc2)ccc1OCCOC. The van der Waals surface area contributed by atoms with E-state index in [2.05, 4.69) is 16.2 Å². The summed E-state index contributed by atoms with van der Waals surface area (Å²) >= 11 is 0. The normalized spacial score (nSPS) is 10.1. The molecule has 0 unspecified atom stereocenters. The summed E-state index contributed by atoms with van der Waals surface area (Å²) in [5.74, 6) is 0.932. The number of carbonyl (C=O) groups is 1. The van der Waals surface area contributed by atoms with E-state index in [-0.39, 0.29) is 18.3 Å². The molecule has 0 fully saturated rings. The summed E-state index contributed by atoms with van der Waals surface area (Å²) in [5.41, 5.74) is 12.9. The van der Waals surface area contributed by atoms with E-state index < -0.39 is 0 Å². The Bertz CT molecular complexity index is 811. The Morgan fingerprint density at radius 1 is 1.03 bits per heavy atom. The van der Waals surface area contributed by atoms with Gasteiger partial charge in [-0.2, -0.15) is 0 Å². The van der Waals surface area contributed by atoms with Gasteiger partial charge < -0.3 is 25.3 Å². The van der Waals surface area contributed by atoms with Crippen LogP contribution in [-0.2, 0) is 9.53 Å². The Labute approximate surface area is 170 Å². The second kappa shape index (κ2) is 11.4. The highest BCUT2D eigenvalue weighted by Crippen LogP contribution is 2.30. The van der Waals surface area contributed by atoms with Crippen molar-refractivity contribution < 1.29 is 19.0 Å². The van der Waals surface area contributed by atoms with Crippen LogP contribution in [0.25, 0.3) is 0 Å². The summed E-state index contributed by atoms with van der Waals surface area (Å²) in [4.78, 5) is 12.1. The second-order valence-corrected chi connectivity index (χ2v) is 5.95. The molecule has 0 spiro atoms. The molecule has 2 rings (SSSR count). The molecule has 2 aromatic carbocycles. The Hall–Kier alpha value is -3.46. The Balaban J connectivity index is 1.85. The minimum absolute atomic E-state index is 0.0000281. The third-order valence-corrected chi connectivity index (χ3v) is 3.78. The Morgan fingerprint density at radius 2 is 1.76 bits per heavy atom. The molecule has 29 heavy (non-hydrogen) atoms. The molecular weight excluding hydrogens is 374 g/mol. The third kappa shape index (κ3) is 7.23. The molecule has 2 aromatic rings. The number of amides is 1. The van der Waals surface area contributed by atoms with Crippen LogP contribution in [-0.4, -0.2) is 45.2 Å². The number of carbonyl (C=O) groups excluding carboxylic acids is 1. The van der Waals surface area contributed by atoms with Crippen molar-refractivity contribution in [3.05, 3.63) is 48.0 Å². The number of hydrogen-bond acceptors (Lipinski definition) is 7. The average Bonchev–Trinajstić information content (AvgIpc) is 2.72. The molecule has 0 aliphatic heterocycles. The summed E-state index contributed by atoms with van der Waals surface area (Å²) < 4.78 is 16.2. The molecule has 0 aliphatic carbocycles. The highest BCUT2D eigenvalue weighted by atomic mass is 16.5. The zero-order valence-electron chi connectivity index (χ0n) is 16.6. The van der Waals surface area contributed by atoms with Crippen LogP contribution in [0.2, 0.25) is 0 Å². The van der Waals surface area contributed by atoms with Gasteiger partial charge in [0.25, 0.3) is 5.91 Å². The zero-order valence-corrected chi connectivity index (χ0v) is 16.6. The number of amidine groups is 1. The molecule has 9 nitrogen and oxygen atoms in total. The zero-order chi connectivity index (χ0) is 21.1. The highest BCUT2D eigenvalue weighted by molar-refractivity contribution is 5.95. The van der Waals surface area contributed by atoms with Gasteiger partial charge in [0.2, 0.25) is 0 Å². The van der Waals surface area contributed by atoms with Crippen LogP contribution < -0.4 is 31.4 Å². The standard InChI is InChI=1S/C20H27N5O4/c1-3-28-18-12-16(8-9-17(18)29-11-10-27-2)24-25-19(26)13-23-15-6-4-14(5-7-15)20(21)22/h4-9,12,23-24H,3,10-11,13H2,1-2H3,(H3,21,22)(H,25,26). The van der Waals surface area contributed by atoms with E-state index in [9.17, 15) is 4.79 Å². The average molecular weight is 401 g/mol. The van der Waals surface area contributed by atoms with Gasteiger partial charge in [0, 0.05) is 24.4 Å². The summed E-state index contributed by atoms with van der Waals surface area (Å²) in [7, 11) is 1.61. The van der Waals surface area contributed by atoms with Crippen LogP contribution in [0.4, 0.5) is 11.4 Å². The Morgan fingerprint density at radius 3 is 2.41 bits per heavy atom. The number of rotatable bonds is 12. The van der Waals surface area contributed by atoms with Crippen molar-refractivity contribution in [3.63, 3.8) is 0 Å². The maximum Gasteiger partial charge on any atom is 0.257 e. The minimum atomic E-state index is -0.251. The number of anilines is 2. The first-order chi connectivity index (χ1) is 14.0. The van der Waals surface area contributed by atoms with Crippen LogP contribution in [0.1, 0.15) is 12.5 Å². The van der Waals surface area contributed by atoms with Gasteiger partial charge in [-0.1, -0.05) is 0 Å². The van der Waals surface area contributed by atoms with Gasteiger partial charge in [-0.05, 0) is 43.3 Å². The van der Waals surface area contributed by atoms with Gasteiger partial charge in [0.1, 0.15) is 12.4 Å². The van der Waals surface area contributed by atoms with E-state index in [1.54, 1.807) is 49.6 Å². The largest absolute Gasteiger partial charge is 0.490 e. The number of methoxy groups -OCH3 is 1. The fourth-order valence-corrected chi connectivity index (χ4v) is 2.34. The van der Waals surface area contributed by atoms with E-state index in [1.165, 1.54) is 0 Å². The van der Waals surface area contributed by atoms with Crippen molar-refractivity contribution in [2.24, 2.45) is 5.73 Å². The predicted molar refractivity (Wildman–Crippen MR) is 113 cm³/mol. The summed E-state index contributed by atoms with van der Waals surface area (Å²) in [6, 6.07) is 12.2. The second-order valence-electron chi connectivity index (χ2n) is 5.95. The van der Waals surface area contributed by atoms with Crippen LogP contribution in [0.5, 0.6) is 11.5 Å². The van der Waals surface area contributed by atoms with Crippen molar-refractivity contribution in [1.29, 1.82) is 5.41 Å². The first kappa shape index (κ1) is 21.8. The summed E-state index contributed by atoms with van der Waals surface area (Å²) in [6.45, 7) is 3.34. The summed E-state index contributed by atoms with van der Waals surface area (Å²) in [6.07, 6.45) is 0. The molecule has 0 heterocycles. The van der Waals surface area contributed by atoms with Crippen LogP contribution in [0, 0.1) is 5.41 Å². The molecule has 0 saturated heterocycles. The molecule has 1 amide bonds. The lowest BCUT2D eigenvalue weighted by atomic mass is 10.2. The number of nitrogens with two attached hydrogens (primary N) is 1. The van der Waals surface area contributed by atoms with Crippen molar-refractivity contribution in [2.75, 3.05) is 44.2 Å². The maximum atomic E-state index is 12.1. The number of nitrogen functional groups attached to an aromatic ring is 1. The molecule has 156 valence electrons. The molecule has 9 heteroatoms. The lowest BCUT2D eigenvalue weighted by Gasteiger charge is -2.15. The van der Waals surface area contributed by atoms with Crippen LogP contribution >= 0.6 is 0 Å². The Kier molecular flexibility index (Phi) is 8.58. The van der Waals surface area contributed by atoms with Gasteiger partial charge in [0.05, 0.1) is 25.4 Å². The van der Waals surface area contributed by atoms with Gasteiger partial charge in [-0.3, -0.25) is 21.1 Å². The van der Waals surface area contributed by atoms with E-state index in [0.717, 1.165) is 5.69 Å². The molecule has 0 saturated carbocycles. The smallest absolute Gasteiger partial charge is 0.257 e. The lowest BCUT2D eigenvalue weighted by Crippen LogP contribution is -2.34. The third-order valence-electron chi connectivity index (χ3n) is 3.78. The molecular formula is C20H27N5O4. The van der Waals surface area contributed by atoms with Gasteiger partial charge in [-0.25, -0.2) is 0 Å². The molecule has 6 N–H and O–H groups in total.